The molecule has 1 heterocycles. The lowest BCUT2D eigenvalue weighted by Crippen LogP contribution is -2.26. The quantitative estimate of drug-likeness (QED) is 0.810. The number of carbonyl (C=O) groups excluding carboxylic acids is 1. The number of hydrogen-bond acceptors (Lipinski definition) is 2. The predicted molar refractivity (Wildman–Crippen MR) is 88.2 cm³/mol. The molecule has 0 unspecified atom stereocenters. The van der Waals surface area contributed by atoms with Crippen molar-refractivity contribution in [2.45, 2.75) is 25.3 Å². The van der Waals surface area contributed by atoms with E-state index in [0.29, 0.717) is 6.54 Å². The van der Waals surface area contributed by atoms with Gasteiger partial charge in [0.2, 0.25) is 0 Å². The van der Waals surface area contributed by atoms with E-state index >= 15 is 0 Å². The summed E-state index contributed by atoms with van der Waals surface area (Å²) in [5, 5.41) is 0.147. The summed E-state index contributed by atoms with van der Waals surface area (Å²) in [6, 6.07) is 18.2. The van der Waals surface area contributed by atoms with Crippen molar-refractivity contribution in [3.05, 3.63) is 71.3 Å². The summed E-state index contributed by atoms with van der Waals surface area (Å²) in [7, 11) is 0. The molecule has 0 aromatic heterocycles. The third kappa shape index (κ3) is 2.84. The van der Waals surface area contributed by atoms with Crippen LogP contribution in [-0.2, 0) is 6.54 Å². The van der Waals surface area contributed by atoms with Crippen molar-refractivity contribution in [2.75, 3.05) is 5.75 Å². The van der Waals surface area contributed by atoms with Crippen LogP contribution in [0.15, 0.2) is 54.6 Å². The van der Waals surface area contributed by atoms with Gasteiger partial charge in [0.15, 0.2) is 0 Å². The molecule has 0 saturated heterocycles. The molecule has 108 valence electrons. The van der Waals surface area contributed by atoms with Crippen molar-refractivity contribution in [3.63, 3.8) is 0 Å². The van der Waals surface area contributed by atoms with Gasteiger partial charge in [0, 0.05) is 12.1 Å². The molecule has 1 aliphatic heterocycles. The minimum absolute atomic E-state index is 0.147. The molecule has 0 spiro atoms. The number of nitrogens with zero attached hydrogens (tertiary/aromatic N) is 1. The van der Waals surface area contributed by atoms with E-state index in [-0.39, 0.29) is 11.3 Å². The monoisotopic (exact) mass is 297 g/mol. The Balaban J connectivity index is 1.89. The molecule has 0 N–H and O–H groups in total. The number of benzene rings is 2. The summed E-state index contributed by atoms with van der Waals surface area (Å²) in [5.74, 6) is 1.22. The molecule has 0 saturated carbocycles. The average molecular weight is 297 g/mol. The molecular formula is C18H19NOS. The minimum Gasteiger partial charge on any atom is -0.318 e. The Labute approximate surface area is 130 Å². The molecule has 0 fully saturated rings. The van der Waals surface area contributed by atoms with Crippen molar-refractivity contribution >= 4 is 17.7 Å². The molecule has 1 amide bonds. The number of rotatable bonds is 5. The SMILES string of the molecule is CCCS[C@@H]1c2ccccc2C(=O)N1Cc1ccccc1. The summed E-state index contributed by atoms with van der Waals surface area (Å²) in [4.78, 5) is 14.7. The summed E-state index contributed by atoms with van der Waals surface area (Å²) in [5.41, 5.74) is 3.21. The van der Waals surface area contributed by atoms with Crippen LogP contribution in [0.1, 0.15) is 40.2 Å². The smallest absolute Gasteiger partial charge is 0.255 e. The highest BCUT2D eigenvalue weighted by molar-refractivity contribution is 7.99. The summed E-state index contributed by atoms with van der Waals surface area (Å²) < 4.78 is 0. The molecule has 0 aliphatic carbocycles. The first kappa shape index (κ1) is 14.2. The van der Waals surface area contributed by atoms with Crippen LogP contribution in [0, 0.1) is 0 Å². The van der Waals surface area contributed by atoms with E-state index in [9.17, 15) is 4.79 Å². The first-order valence-electron chi connectivity index (χ1n) is 7.36. The van der Waals surface area contributed by atoms with Crippen molar-refractivity contribution < 1.29 is 4.79 Å². The molecule has 2 aromatic carbocycles. The maximum atomic E-state index is 12.7. The van der Waals surface area contributed by atoms with Gasteiger partial charge in [0.25, 0.3) is 5.91 Å². The van der Waals surface area contributed by atoms with Gasteiger partial charge < -0.3 is 4.90 Å². The largest absolute Gasteiger partial charge is 0.318 e. The Bertz CT molecular complexity index is 626. The second kappa shape index (κ2) is 6.35. The van der Waals surface area contributed by atoms with E-state index in [1.54, 1.807) is 0 Å². The zero-order chi connectivity index (χ0) is 14.7. The Hall–Kier alpha value is -1.74. The Morgan fingerprint density at radius 1 is 1.05 bits per heavy atom. The molecule has 2 nitrogen and oxygen atoms in total. The normalized spacial score (nSPS) is 17.1. The second-order valence-electron chi connectivity index (χ2n) is 5.23. The molecule has 0 radical (unpaired) electrons. The Morgan fingerprint density at radius 2 is 1.76 bits per heavy atom. The zero-order valence-corrected chi connectivity index (χ0v) is 13.0. The third-order valence-corrected chi connectivity index (χ3v) is 5.14. The first-order valence-corrected chi connectivity index (χ1v) is 8.41. The summed E-state index contributed by atoms with van der Waals surface area (Å²) >= 11 is 1.86. The van der Waals surface area contributed by atoms with E-state index in [0.717, 1.165) is 23.3 Å². The van der Waals surface area contributed by atoms with Crippen LogP contribution in [0.25, 0.3) is 0 Å². The fourth-order valence-corrected chi connectivity index (χ4v) is 3.87. The van der Waals surface area contributed by atoms with Crippen LogP contribution in [-0.4, -0.2) is 16.6 Å². The highest BCUT2D eigenvalue weighted by Crippen LogP contribution is 2.42. The lowest BCUT2D eigenvalue weighted by atomic mass is 10.1. The van der Waals surface area contributed by atoms with E-state index in [1.165, 1.54) is 5.56 Å². The van der Waals surface area contributed by atoms with Crippen LogP contribution in [0.2, 0.25) is 0 Å². The highest BCUT2D eigenvalue weighted by atomic mass is 32.2. The van der Waals surface area contributed by atoms with E-state index in [2.05, 4.69) is 25.1 Å². The molecule has 3 heteroatoms. The lowest BCUT2D eigenvalue weighted by molar-refractivity contribution is 0.0761. The molecule has 21 heavy (non-hydrogen) atoms. The molecule has 1 atom stereocenters. The van der Waals surface area contributed by atoms with Gasteiger partial charge in [-0.25, -0.2) is 0 Å². The first-order chi connectivity index (χ1) is 10.3. The van der Waals surface area contributed by atoms with Crippen LogP contribution in [0.3, 0.4) is 0 Å². The maximum Gasteiger partial charge on any atom is 0.255 e. The van der Waals surface area contributed by atoms with E-state index in [1.807, 2.05) is 53.1 Å². The highest BCUT2D eigenvalue weighted by Gasteiger charge is 2.36. The van der Waals surface area contributed by atoms with Gasteiger partial charge >= 0.3 is 0 Å². The summed E-state index contributed by atoms with van der Waals surface area (Å²) in [6.07, 6.45) is 1.12. The third-order valence-electron chi connectivity index (χ3n) is 3.68. The molecular weight excluding hydrogens is 278 g/mol. The van der Waals surface area contributed by atoms with Crippen molar-refractivity contribution in [3.8, 4) is 0 Å². The van der Waals surface area contributed by atoms with Crippen LogP contribution in [0.4, 0.5) is 0 Å². The lowest BCUT2D eigenvalue weighted by Gasteiger charge is -2.25. The van der Waals surface area contributed by atoms with E-state index < -0.39 is 0 Å². The van der Waals surface area contributed by atoms with Crippen LogP contribution < -0.4 is 0 Å². The number of amides is 1. The summed E-state index contributed by atoms with van der Waals surface area (Å²) in [6.45, 7) is 2.85. The van der Waals surface area contributed by atoms with Gasteiger partial charge in [0.05, 0.1) is 0 Å². The Morgan fingerprint density at radius 3 is 2.52 bits per heavy atom. The van der Waals surface area contributed by atoms with Crippen molar-refractivity contribution in [1.82, 2.24) is 4.90 Å². The topological polar surface area (TPSA) is 20.3 Å². The number of hydrogen-bond donors (Lipinski definition) is 0. The number of fused-ring (bicyclic) bond motifs is 1. The van der Waals surface area contributed by atoms with Crippen molar-refractivity contribution in [1.29, 1.82) is 0 Å². The Kier molecular flexibility index (Phi) is 4.30. The fraction of sp³-hybridized carbons (Fsp3) is 0.278. The van der Waals surface area contributed by atoms with Crippen LogP contribution >= 0.6 is 11.8 Å². The number of carbonyl (C=O) groups is 1. The zero-order valence-electron chi connectivity index (χ0n) is 12.2. The molecule has 3 rings (SSSR count). The van der Waals surface area contributed by atoms with Gasteiger partial charge in [-0.15, -0.1) is 11.8 Å². The fourth-order valence-electron chi connectivity index (χ4n) is 2.68. The molecule has 0 bridgehead atoms. The predicted octanol–water partition coefficient (Wildman–Crippen LogP) is 4.48. The van der Waals surface area contributed by atoms with Crippen LogP contribution in [0.5, 0.6) is 0 Å². The van der Waals surface area contributed by atoms with Gasteiger partial charge in [-0.2, -0.15) is 0 Å². The van der Waals surface area contributed by atoms with Gasteiger partial charge in [-0.05, 0) is 29.4 Å². The standard InChI is InChI=1S/C18H19NOS/c1-2-12-21-18-16-11-7-6-10-15(16)17(20)19(18)13-14-8-4-3-5-9-14/h3-11,18H,2,12-13H2,1H3/t18-/m1/s1. The maximum absolute atomic E-state index is 12.7. The van der Waals surface area contributed by atoms with Gasteiger partial charge in [-0.1, -0.05) is 55.5 Å². The van der Waals surface area contributed by atoms with E-state index in [4.69, 9.17) is 0 Å². The second-order valence-corrected chi connectivity index (χ2v) is 6.42. The van der Waals surface area contributed by atoms with Gasteiger partial charge in [0.1, 0.15) is 5.37 Å². The molecule has 2 aromatic rings. The minimum atomic E-state index is 0.147. The number of thioether (sulfide) groups is 1. The molecule has 1 aliphatic rings. The van der Waals surface area contributed by atoms with Crippen molar-refractivity contribution in [2.24, 2.45) is 0 Å². The van der Waals surface area contributed by atoms with Gasteiger partial charge in [-0.3, -0.25) is 4.79 Å². The average Bonchev–Trinajstić information content (AvgIpc) is 2.79.